The summed E-state index contributed by atoms with van der Waals surface area (Å²) in [6.07, 6.45) is 0. The number of ether oxygens (including phenoxy) is 2. The first-order valence-electron chi connectivity index (χ1n) is 7.55. The first-order valence-corrected chi connectivity index (χ1v) is 7.55. The molecule has 0 aliphatic heterocycles. The van der Waals surface area contributed by atoms with E-state index in [1.165, 1.54) is 7.11 Å². The fourth-order valence-corrected chi connectivity index (χ4v) is 2.68. The molecule has 3 aromatic rings. The highest BCUT2D eigenvalue weighted by Crippen LogP contribution is 2.32. The van der Waals surface area contributed by atoms with Crippen molar-refractivity contribution in [3.8, 4) is 11.5 Å². The van der Waals surface area contributed by atoms with E-state index in [2.05, 4.69) is 4.98 Å². The Labute approximate surface area is 140 Å². The van der Waals surface area contributed by atoms with Crippen LogP contribution in [-0.4, -0.2) is 18.0 Å². The average Bonchev–Trinajstić information content (AvgIpc) is 2.59. The molecule has 2 N–H and O–H groups in total. The molecule has 122 valence electrons. The van der Waals surface area contributed by atoms with Crippen LogP contribution in [0.3, 0.4) is 0 Å². The van der Waals surface area contributed by atoms with Crippen LogP contribution >= 0.6 is 0 Å². The molecule has 0 aliphatic carbocycles. The van der Waals surface area contributed by atoms with Crippen LogP contribution in [0.15, 0.2) is 48.5 Å². The number of aryl methyl sites for hydroxylation is 1. The van der Waals surface area contributed by atoms with Gasteiger partial charge in [0.2, 0.25) is 0 Å². The van der Waals surface area contributed by atoms with Gasteiger partial charge in [-0.2, -0.15) is 0 Å². The van der Waals surface area contributed by atoms with Crippen LogP contribution in [0.1, 0.15) is 21.6 Å². The maximum atomic E-state index is 11.6. The average molecular weight is 322 g/mol. The summed E-state index contributed by atoms with van der Waals surface area (Å²) < 4.78 is 11.2. The molecule has 0 fully saturated rings. The second-order valence-electron chi connectivity index (χ2n) is 5.43. The van der Waals surface area contributed by atoms with Crippen molar-refractivity contribution < 1.29 is 14.3 Å². The van der Waals surface area contributed by atoms with Gasteiger partial charge >= 0.3 is 0 Å². The highest BCUT2D eigenvalue weighted by Gasteiger charge is 2.15. The smallest absolute Gasteiger partial charge is 0.252 e. The van der Waals surface area contributed by atoms with Crippen LogP contribution < -0.4 is 15.2 Å². The predicted molar refractivity (Wildman–Crippen MR) is 92.3 cm³/mol. The topological polar surface area (TPSA) is 74.4 Å². The molecular weight excluding hydrogens is 304 g/mol. The number of fused-ring (bicyclic) bond motifs is 1. The molecule has 0 unspecified atom stereocenters. The van der Waals surface area contributed by atoms with Crippen molar-refractivity contribution in [2.24, 2.45) is 5.73 Å². The zero-order valence-electron chi connectivity index (χ0n) is 13.6. The van der Waals surface area contributed by atoms with Gasteiger partial charge in [0.05, 0.1) is 18.2 Å². The van der Waals surface area contributed by atoms with Crippen LogP contribution in [0.4, 0.5) is 0 Å². The van der Waals surface area contributed by atoms with Crippen LogP contribution in [0, 0.1) is 6.92 Å². The normalized spacial score (nSPS) is 10.6. The number of para-hydroxylation sites is 2. The van der Waals surface area contributed by atoms with Gasteiger partial charge in [0, 0.05) is 16.6 Å². The maximum absolute atomic E-state index is 11.6. The monoisotopic (exact) mass is 322 g/mol. The van der Waals surface area contributed by atoms with E-state index in [4.69, 9.17) is 15.2 Å². The molecule has 0 spiro atoms. The first kappa shape index (κ1) is 15.8. The summed E-state index contributed by atoms with van der Waals surface area (Å²) in [5.74, 6) is 0.270. The van der Waals surface area contributed by atoms with Crippen molar-refractivity contribution in [3.63, 3.8) is 0 Å². The zero-order chi connectivity index (χ0) is 17.1. The van der Waals surface area contributed by atoms with E-state index in [-0.39, 0.29) is 6.61 Å². The second kappa shape index (κ2) is 6.58. The number of rotatable bonds is 5. The Bertz CT molecular complexity index is 906. The third-order valence-corrected chi connectivity index (χ3v) is 3.77. The van der Waals surface area contributed by atoms with Crippen molar-refractivity contribution >= 4 is 16.8 Å². The van der Waals surface area contributed by atoms with E-state index in [0.717, 1.165) is 22.2 Å². The van der Waals surface area contributed by atoms with Crippen molar-refractivity contribution in [3.05, 3.63) is 65.4 Å². The molecular formula is C19H18N2O3. The summed E-state index contributed by atoms with van der Waals surface area (Å²) in [5.41, 5.74) is 8.53. The van der Waals surface area contributed by atoms with E-state index < -0.39 is 5.91 Å². The molecule has 2 aromatic carbocycles. The Balaban J connectivity index is 1.99. The number of amides is 1. The van der Waals surface area contributed by atoms with E-state index in [1.807, 2.05) is 37.3 Å². The van der Waals surface area contributed by atoms with E-state index in [1.54, 1.807) is 18.2 Å². The Morgan fingerprint density at radius 2 is 1.96 bits per heavy atom. The van der Waals surface area contributed by atoms with E-state index in [9.17, 15) is 4.79 Å². The molecule has 0 saturated carbocycles. The van der Waals surface area contributed by atoms with Gasteiger partial charge < -0.3 is 15.2 Å². The molecule has 3 rings (SSSR count). The standard InChI is InChI=1S/C19H18N2O3/c1-12-10-13(14-6-3-4-8-16(14)21-12)11-24-18-15(19(20)22)7-5-9-17(18)23-2/h3-10H,11H2,1-2H3,(H2,20,22). The van der Waals surface area contributed by atoms with Crippen LogP contribution in [0.5, 0.6) is 11.5 Å². The van der Waals surface area contributed by atoms with Crippen molar-refractivity contribution in [1.29, 1.82) is 0 Å². The third-order valence-electron chi connectivity index (χ3n) is 3.77. The highest BCUT2D eigenvalue weighted by molar-refractivity contribution is 5.96. The van der Waals surface area contributed by atoms with Crippen LogP contribution in [-0.2, 0) is 6.61 Å². The number of benzene rings is 2. The van der Waals surface area contributed by atoms with Gasteiger partial charge in [-0.05, 0) is 31.2 Å². The number of aromatic nitrogens is 1. The number of primary amides is 1. The predicted octanol–water partition coefficient (Wildman–Crippen LogP) is 3.23. The third kappa shape index (κ3) is 3.01. The molecule has 1 heterocycles. The fourth-order valence-electron chi connectivity index (χ4n) is 2.68. The number of hydrogen-bond donors (Lipinski definition) is 1. The molecule has 0 aliphatic rings. The lowest BCUT2D eigenvalue weighted by molar-refractivity contribution is 0.0995. The first-order chi connectivity index (χ1) is 11.6. The number of carbonyl (C=O) groups is 1. The Hall–Kier alpha value is -3.08. The summed E-state index contributed by atoms with van der Waals surface area (Å²) in [6.45, 7) is 2.22. The van der Waals surface area contributed by atoms with Crippen LogP contribution in [0.2, 0.25) is 0 Å². The molecule has 0 radical (unpaired) electrons. The minimum Gasteiger partial charge on any atom is -0.493 e. The molecule has 0 saturated heterocycles. The lowest BCUT2D eigenvalue weighted by Gasteiger charge is -2.14. The van der Waals surface area contributed by atoms with Crippen molar-refractivity contribution in [2.75, 3.05) is 7.11 Å². The lowest BCUT2D eigenvalue weighted by atomic mass is 10.1. The largest absolute Gasteiger partial charge is 0.493 e. The SMILES string of the molecule is COc1cccc(C(N)=O)c1OCc1cc(C)nc2ccccc12. The minimum atomic E-state index is -0.556. The number of methoxy groups -OCH3 is 1. The Kier molecular flexibility index (Phi) is 4.33. The number of hydrogen-bond acceptors (Lipinski definition) is 4. The molecule has 5 nitrogen and oxygen atoms in total. The van der Waals surface area contributed by atoms with Gasteiger partial charge in [0.15, 0.2) is 11.5 Å². The molecule has 1 aromatic heterocycles. The highest BCUT2D eigenvalue weighted by atomic mass is 16.5. The number of nitrogens with zero attached hydrogens (tertiary/aromatic N) is 1. The van der Waals surface area contributed by atoms with Gasteiger partial charge in [0.25, 0.3) is 5.91 Å². The van der Waals surface area contributed by atoms with Gasteiger partial charge in [-0.25, -0.2) is 0 Å². The summed E-state index contributed by atoms with van der Waals surface area (Å²) in [5, 5.41) is 1.01. The van der Waals surface area contributed by atoms with Crippen molar-refractivity contribution in [2.45, 2.75) is 13.5 Å². The Morgan fingerprint density at radius 1 is 1.17 bits per heavy atom. The van der Waals surface area contributed by atoms with Crippen LogP contribution in [0.25, 0.3) is 10.9 Å². The number of nitrogens with two attached hydrogens (primary N) is 1. The van der Waals surface area contributed by atoms with E-state index in [0.29, 0.717) is 17.1 Å². The Morgan fingerprint density at radius 3 is 2.71 bits per heavy atom. The summed E-state index contributed by atoms with van der Waals surface area (Å²) in [4.78, 5) is 16.2. The number of carbonyl (C=O) groups excluding carboxylic acids is 1. The maximum Gasteiger partial charge on any atom is 0.252 e. The summed E-state index contributed by atoms with van der Waals surface area (Å²) in [6, 6.07) is 14.9. The van der Waals surface area contributed by atoms with Crippen molar-refractivity contribution in [1.82, 2.24) is 4.98 Å². The minimum absolute atomic E-state index is 0.282. The van der Waals surface area contributed by atoms with Gasteiger partial charge in [-0.3, -0.25) is 9.78 Å². The van der Waals surface area contributed by atoms with E-state index >= 15 is 0 Å². The summed E-state index contributed by atoms with van der Waals surface area (Å²) >= 11 is 0. The zero-order valence-corrected chi connectivity index (χ0v) is 13.6. The lowest BCUT2D eigenvalue weighted by Crippen LogP contribution is -2.13. The summed E-state index contributed by atoms with van der Waals surface area (Å²) in [7, 11) is 1.53. The van der Waals surface area contributed by atoms with Gasteiger partial charge in [-0.1, -0.05) is 24.3 Å². The van der Waals surface area contributed by atoms with Gasteiger partial charge in [0.1, 0.15) is 6.61 Å². The molecule has 1 amide bonds. The molecule has 5 heteroatoms. The fraction of sp³-hybridized carbons (Fsp3) is 0.158. The molecule has 0 bridgehead atoms. The van der Waals surface area contributed by atoms with Gasteiger partial charge in [-0.15, -0.1) is 0 Å². The molecule has 0 atom stereocenters. The quantitative estimate of drug-likeness (QED) is 0.782. The second-order valence-corrected chi connectivity index (χ2v) is 5.43. The molecule has 24 heavy (non-hydrogen) atoms. The number of pyridine rings is 1.